The number of aliphatic hydroxyl groups excluding tert-OH is 1. The van der Waals surface area contributed by atoms with E-state index >= 15 is 0 Å². The van der Waals surface area contributed by atoms with Crippen LogP contribution >= 0.6 is 0 Å². The van der Waals surface area contributed by atoms with Crippen LogP contribution in [0.25, 0.3) is 0 Å². The van der Waals surface area contributed by atoms with E-state index in [1.807, 2.05) is 0 Å². The summed E-state index contributed by atoms with van der Waals surface area (Å²) in [6.07, 6.45) is 3.75. The first-order valence-electron chi connectivity index (χ1n) is 5.18. The predicted molar refractivity (Wildman–Crippen MR) is 54.1 cm³/mol. The molecule has 0 aromatic rings. The molecule has 0 amide bonds. The van der Waals surface area contributed by atoms with Crippen LogP contribution in [0, 0.1) is 17.8 Å². The molecule has 12 heavy (non-hydrogen) atoms. The van der Waals surface area contributed by atoms with E-state index in [0.29, 0.717) is 12.5 Å². The van der Waals surface area contributed by atoms with Crippen molar-refractivity contribution in [1.82, 2.24) is 0 Å². The van der Waals surface area contributed by atoms with Gasteiger partial charge < -0.3 is 5.11 Å². The summed E-state index contributed by atoms with van der Waals surface area (Å²) in [4.78, 5) is 0. The fourth-order valence-electron chi connectivity index (χ4n) is 1.21. The van der Waals surface area contributed by atoms with Crippen molar-refractivity contribution >= 4 is 0 Å². The molecule has 1 nitrogen and oxygen atoms in total. The van der Waals surface area contributed by atoms with E-state index < -0.39 is 0 Å². The summed E-state index contributed by atoms with van der Waals surface area (Å²) in [5.41, 5.74) is 0. The maximum atomic E-state index is 8.81. The molecule has 0 bridgehead atoms. The summed E-state index contributed by atoms with van der Waals surface area (Å²) < 4.78 is 0. The van der Waals surface area contributed by atoms with Gasteiger partial charge in [-0.3, -0.25) is 0 Å². The Kier molecular flexibility index (Phi) is 6.45. The number of rotatable bonds is 6. The molecule has 2 unspecified atom stereocenters. The Morgan fingerprint density at radius 2 is 1.58 bits per heavy atom. The monoisotopic (exact) mass is 172 g/mol. The van der Waals surface area contributed by atoms with E-state index in [0.717, 1.165) is 11.8 Å². The van der Waals surface area contributed by atoms with E-state index in [-0.39, 0.29) is 0 Å². The van der Waals surface area contributed by atoms with Gasteiger partial charge in [0.1, 0.15) is 0 Å². The smallest absolute Gasteiger partial charge is 0.0456 e. The molecule has 74 valence electrons. The van der Waals surface area contributed by atoms with Crippen molar-refractivity contribution in [3.63, 3.8) is 0 Å². The standard InChI is InChI=1S/C11H24O/c1-9(2)11(4)7-5-6-10(3)8-12/h9-12H,5-8H2,1-4H3. The molecule has 0 radical (unpaired) electrons. The zero-order valence-electron chi connectivity index (χ0n) is 9.01. The van der Waals surface area contributed by atoms with Crippen molar-refractivity contribution in [2.24, 2.45) is 17.8 Å². The van der Waals surface area contributed by atoms with Crippen LogP contribution in [0.4, 0.5) is 0 Å². The molecule has 0 aliphatic rings. The molecule has 0 aliphatic carbocycles. The maximum Gasteiger partial charge on any atom is 0.0456 e. The average molecular weight is 172 g/mol. The van der Waals surface area contributed by atoms with E-state index in [4.69, 9.17) is 5.11 Å². The summed E-state index contributed by atoms with van der Waals surface area (Å²) in [7, 11) is 0. The second-order valence-corrected chi connectivity index (χ2v) is 4.44. The number of hydrogen-bond acceptors (Lipinski definition) is 1. The topological polar surface area (TPSA) is 20.2 Å². The molecular weight excluding hydrogens is 148 g/mol. The van der Waals surface area contributed by atoms with Crippen LogP contribution in [-0.4, -0.2) is 11.7 Å². The summed E-state index contributed by atoms with van der Waals surface area (Å²) >= 11 is 0. The average Bonchev–Trinajstić information content (AvgIpc) is 2.03. The lowest BCUT2D eigenvalue weighted by atomic mass is 9.91. The molecule has 1 N–H and O–H groups in total. The minimum atomic E-state index is 0.343. The molecule has 0 aromatic carbocycles. The van der Waals surface area contributed by atoms with Crippen LogP contribution in [0.5, 0.6) is 0 Å². The molecule has 2 atom stereocenters. The Labute approximate surface area is 77.2 Å². The van der Waals surface area contributed by atoms with Crippen molar-refractivity contribution in [2.75, 3.05) is 6.61 Å². The number of hydrogen-bond donors (Lipinski definition) is 1. The number of aliphatic hydroxyl groups is 1. The Hall–Kier alpha value is -0.0400. The zero-order valence-corrected chi connectivity index (χ0v) is 9.01. The summed E-state index contributed by atoms with van der Waals surface area (Å²) in [6.45, 7) is 9.32. The van der Waals surface area contributed by atoms with Crippen LogP contribution in [0.15, 0.2) is 0 Å². The SMILES string of the molecule is CC(CO)CCCC(C)C(C)C. The zero-order chi connectivity index (χ0) is 9.56. The lowest BCUT2D eigenvalue weighted by Crippen LogP contribution is -2.06. The highest BCUT2D eigenvalue weighted by Crippen LogP contribution is 2.18. The van der Waals surface area contributed by atoms with Crippen molar-refractivity contribution in [3.05, 3.63) is 0 Å². The molecule has 0 aromatic heterocycles. The maximum absolute atomic E-state index is 8.81. The van der Waals surface area contributed by atoms with Crippen LogP contribution < -0.4 is 0 Å². The third kappa shape index (κ3) is 5.59. The molecule has 0 saturated heterocycles. The third-order valence-corrected chi connectivity index (χ3v) is 2.81. The largest absolute Gasteiger partial charge is 0.396 e. The highest BCUT2D eigenvalue weighted by molar-refractivity contribution is 4.59. The van der Waals surface area contributed by atoms with Gasteiger partial charge in [0.15, 0.2) is 0 Å². The lowest BCUT2D eigenvalue weighted by Gasteiger charge is -2.15. The Morgan fingerprint density at radius 1 is 1.00 bits per heavy atom. The lowest BCUT2D eigenvalue weighted by molar-refractivity contribution is 0.223. The molecule has 0 heterocycles. The quantitative estimate of drug-likeness (QED) is 0.653. The summed E-state index contributed by atoms with van der Waals surface area (Å²) in [5.74, 6) is 2.12. The molecular formula is C11H24O. The third-order valence-electron chi connectivity index (χ3n) is 2.81. The first-order valence-corrected chi connectivity index (χ1v) is 5.18. The van der Waals surface area contributed by atoms with Gasteiger partial charge in [0.05, 0.1) is 0 Å². The second kappa shape index (κ2) is 6.47. The van der Waals surface area contributed by atoms with Crippen LogP contribution in [-0.2, 0) is 0 Å². The van der Waals surface area contributed by atoms with Gasteiger partial charge in [0, 0.05) is 6.61 Å². The van der Waals surface area contributed by atoms with E-state index in [2.05, 4.69) is 27.7 Å². The molecule has 1 heteroatoms. The van der Waals surface area contributed by atoms with E-state index in [1.165, 1.54) is 19.3 Å². The molecule has 0 fully saturated rings. The van der Waals surface area contributed by atoms with Gasteiger partial charge in [-0.05, 0) is 24.2 Å². The second-order valence-electron chi connectivity index (χ2n) is 4.44. The highest BCUT2D eigenvalue weighted by atomic mass is 16.3. The fraction of sp³-hybridized carbons (Fsp3) is 1.00. The van der Waals surface area contributed by atoms with Crippen molar-refractivity contribution in [3.8, 4) is 0 Å². The van der Waals surface area contributed by atoms with Crippen molar-refractivity contribution in [1.29, 1.82) is 0 Å². The summed E-state index contributed by atoms with van der Waals surface area (Å²) in [6, 6.07) is 0. The van der Waals surface area contributed by atoms with Gasteiger partial charge in [-0.2, -0.15) is 0 Å². The Balaban J connectivity index is 3.30. The van der Waals surface area contributed by atoms with E-state index in [1.54, 1.807) is 0 Å². The van der Waals surface area contributed by atoms with Gasteiger partial charge in [-0.25, -0.2) is 0 Å². The molecule has 0 aliphatic heterocycles. The van der Waals surface area contributed by atoms with Crippen molar-refractivity contribution in [2.45, 2.75) is 47.0 Å². The Morgan fingerprint density at radius 3 is 2.00 bits per heavy atom. The Bertz CT molecular complexity index is 99.2. The van der Waals surface area contributed by atoms with Crippen LogP contribution in [0.2, 0.25) is 0 Å². The molecule has 0 rings (SSSR count). The first kappa shape index (κ1) is 12.0. The van der Waals surface area contributed by atoms with Crippen LogP contribution in [0.3, 0.4) is 0 Å². The van der Waals surface area contributed by atoms with E-state index in [9.17, 15) is 0 Å². The van der Waals surface area contributed by atoms with Gasteiger partial charge >= 0.3 is 0 Å². The minimum absolute atomic E-state index is 0.343. The van der Waals surface area contributed by atoms with Gasteiger partial charge in [-0.1, -0.05) is 40.5 Å². The highest BCUT2D eigenvalue weighted by Gasteiger charge is 2.07. The van der Waals surface area contributed by atoms with Gasteiger partial charge in [0.2, 0.25) is 0 Å². The molecule has 0 saturated carbocycles. The predicted octanol–water partition coefficient (Wildman–Crippen LogP) is 3.08. The van der Waals surface area contributed by atoms with Crippen molar-refractivity contribution < 1.29 is 5.11 Å². The fourth-order valence-corrected chi connectivity index (χ4v) is 1.21. The first-order chi connectivity index (χ1) is 5.57. The normalized spacial score (nSPS) is 16.5. The minimum Gasteiger partial charge on any atom is -0.396 e. The summed E-state index contributed by atoms with van der Waals surface area (Å²) in [5, 5.41) is 8.81. The van der Waals surface area contributed by atoms with Gasteiger partial charge in [0.25, 0.3) is 0 Å². The molecule has 0 spiro atoms. The van der Waals surface area contributed by atoms with Gasteiger partial charge in [-0.15, -0.1) is 0 Å². The van der Waals surface area contributed by atoms with Crippen LogP contribution in [0.1, 0.15) is 47.0 Å².